The summed E-state index contributed by atoms with van der Waals surface area (Å²) in [5.41, 5.74) is 2.40. The molecular weight excluding hydrogens is 314 g/mol. The Hall–Kier alpha value is -1.92. The summed E-state index contributed by atoms with van der Waals surface area (Å²) in [5, 5.41) is 3.68. The first-order valence-corrected chi connectivity index (χ1v) is 9.30. The van der Waals surface area contributed by atoms with Gasteiger partial charge >= 0.3 is 0 Å². The van der Waals surface area contributed by atoms with Gasteiger partial charge in [0.15, 0.2) is 0 Å². The predicted octanol–water partition coefficient (Wildman–Crippen LogP) is 2.43. The van der Waals surface area contributed by atoms with Gasteiger partial charge in [-0.05, 0) is 37.3 Å². The second-order valence-electron chi connectivity index (χ2n) is 7.11. The lowest BCUT2D eigenvalue weighted by molar-refractivity contribution is -0.00404. The highest BCUT2D eigenvalue weighted by Crippen LogP contribution is 2.27. The third kappa shape index (κ3) is 3.85. The molecule has 2 aromatic heterocycles. The van der Waals surface area contributed by atoms with Crippen LogP contribution in [0.2, 0.25) is 0 Å². The first-order valence-electron chi connectivity index (χ1n) is 9.30. The van der Waals surface area contributed by atoms with Gasteiger partial charge in [-0.25, -0.2) is 9.97 Å². The fourth-order valence-electron chi connectivity index (χ4n) is 3.78. The smallest absolute Gasteiger partial charge is 0.128 e. The number of ether oxygens (including phenoxy) is 1. The summed E-state index contributed by atoms with van der Waals surface area (Å²) in [5.74, 6) is 1.11. The molecule has 6 heteroatoms. The second kappa shape index (κ2) is 7.54. The predicted molar refractivity (Wildman–Crippen MR) is 97.4 cm³/mol. The van der Waals surface area contributed by atoms with Gasteiger partial charge in [0.25, 0.3) is 0 Å². The van der Waals surface area contributed by atoms with E-state index in [1.165, 1.54) is 18.4 Å². The van der Waals surface area contributed by atoms with E-state index < -0.39 is 0 Å². The number of hydrogen-bond acceptors (Lipinski definition) is 5. The summed E-state index contributed by atoms with van der Waals surface area (Å²) in [4.78, 5) is 11.2. The number of aryl methyl sites for hydroxylation is 1. The highest BCUT2D eigenvalue weighted by Gasteiger charge is 2.25. The van der Waals surface area contributed by atoms with E-state index >= 15 is 0 Å². The van der Waals surface area contributed by atoms with Crippen LogP contribution >= 0.6 is 0 Å². The molecule has 2 aliphatic heterocycles. The highest BCUT2D eigenvalue weighted by molar-refractivity contribution is 5.40. The Balaban J connectivity index is 1.31. The number of nitrogens with zero attached hydrogens (tertiary/aromatic N) is 4. The van der Waals surface area contributed by atoms with Crippen LogP contribution in [0.25, 0.3) is 0 Å². The normalized spacial score (nSPS) is 24.0. The number of nitrogens with one attached hydrogen (secondary N) is 1. The van der Waals surface area contributed by atoms with E-state index in [-0.39, 0.29) is 6.10 Å². The average Bonchev–Trinajstić information content (AvgIpc) is 3.32. The van der Waals surface area contributed by atoms with Crippen LogP contribution in [0, 0.1) is 0 Å². The molecule has 0 spiro atoms. The lowest BCUT2D eigenvalue weighted by Gasteiger charge is -2.30. The van der Waals surface area contributed by atoms with Crippen molar-refractivity contribution in [2.45, 2.75) is 44.4 Å². The Morgan fingerprint density at radius 2 is 2.12 bits per heavy atom. The minimum absolute atomic E-state index is 0.134. The summed E-state index contributed by atoms with van der Waals surface area (Å²) >= 11 is 0. The second-order valence-corrected chi connectivity index (χ2v) is 7.11. The molecule has 134 valence electrons. The molecule has 0 aliphatic carbocycles. The van der Waals surface area contributed by atoms with Gasteiger partial charge in [0, 0.05) is 45.5 Å². The standard InChI is InChI=1S/C19H27N5O/c1-23-14-20-13-17(23)18-10-16(6-9-25-18)21-11-15-4-5-19(22-12-15)24-7-2-3-8-24/h4-5,12-14,16,18,21H,2-3,6-11H2,1H3/t16-,18-/m1/s1. The van der Waals surface area contributed by atoms with Gasteiger partial charge in [-0.3, -0.25) is 0 Å². The van der Waals surface area contributed by atoms with Crippen LogP contribution in [-0.4, -0.2) is 40.3 Å². The van der Waals surface area contributed by atoms with Crippen LogP contribution in [0.1, 0.15) is 43.0 Å². The molecule has 1 N–H and O–H groups in total. The number of rotatable bonds is 5. The molecule has 4 heterocycles. The van der Waals surface area contributed by atoms with Crippen molar-refractivity contribution in [1.29, 1.82) is 0 Å². The van der Waals surface area contributed by atoms with Crippen LogP contribution in [0.3, 0.4) is 0 Å². The molecule has 0 radical (unpaired) electrons. The quantitative estimate of drug-likeness (QED) is 0.905. The largest absolute Gasteiger partial charge is 0.372 e. The van der Waals surface area contributed by atoms with Crippen LogP contribution in [-0.2, 0) is 18.3 Å². The van der Waals surface area contributed by atoms with E-state index in [9.17, 15) is 0 Å². The molecule has 0 amide bonds. The maximum atomic E-state index is 5.94. The van der Waals surface area contributed by atoms with Crippen LogP contribution in [0.15, 0.2) is 30.9 Å². The van der Waals surface area contributed by atoms with Crippen molar-refractivity contribution >= 4 is 5.82 Å². The minimum atomic E-state index is 0.134. The van der Waals surface area contributed by atoms with Crippen molar-refractivity contribution in [2.24, 2.45) is 7.05 Å². The third-order valence-corrected chi connectivity index (χ3v) is 5.30. The van der Waals surface area contributed by atoms with Crippen LogP contribution in [0.4, 0.5) is 5.82 Å². The average molecular weight is 341 g/mol. The zero-order valence-corrected chi connectivity index (χ0v) is 14.9. The van der Waals surface area contributed by atoms with Crippen molar-refractivity contribution in [1.82, 2.24) is 19.9 Å². The topological polar surface area (TPSA) is 55.2 Å². The maximum Gasteiger partial charge on any atom is 0.128 e. The summed E-state index contributed by atoms with van der Waals surface area (Å²) in [6.45, 7) is 3.93. The van der Waals surface area contributed by atoms with Crippen molar-refractivity contribution in [3.05, 3.63) is 42.1 Å². The summed E-state index contributed by atoms with van der Waals surface area (Å²) in [6.07, 6.45) is 10.5. The van der Waals surface area contributed by atoms with E-state index in [0.717, 1.165) is 50.6 Å². The van der Waals surface area contributed by atoms with Gasteiger partial charge in [-0.15, -0.1) is 0 Å². The first kappa shape index (κ1) is 16.5. The van der Waals surface area contributed by atoms with E-state index in [0.29, 0.717) is 6.04 Å². The Kier molecular flexibility index (Phi) is 4.99. The Morgan fingerprint density at radius 1 is 1.24 bits per heavy atom. The molecule has 0 aromatic carbocycles. The number of hydrogen-bond donors (Lipinski definition) is 1. The van der Waals surface area contributed by atoms with Gasteiger partial charge in [-0.1, -0.05) is 6.07 Å². The first-order chi connectivity index (χ1) is 12.3. The van der Waals surface area contributed by atoms with E-state index in [4.69, 9.17) is 4.74 Å². The monoisotopic (exact) mass is 341 g/mol. The summed E-state index contributed by atoms with van der Waals surface area (Å²) < 4.78 is 7.99. The summed E-state index contributed by atoms with van der Waals surface area (Å²) in [6, 6.07) is 4.82. The molecule has 2 fully saturated rings. The van der Waals surface area contributed by atoms with Crippen LogP contribution in [0.5, 0.6) is 0 Å². The van der Waals surface area contributed by atoms with Gasteiger partial charge in [-0.2, -0.15) is 0 Å². The Bertz CT molecular complexity index is 677. The fourth-order valence-corrected chi connectivity index (χ4v) is 3.78. The third-order valence-electron chi connectivity index (χ3n) is 5.30. The number of pyridine rings is 1. The number of anilines is 1. The van der Waals surface area contributed by atoms with E-state index in [1.54, 1.807) is 0 Å². The van der Waals surface area contributed by atoms with Crippen molar-refractivity contribution in [2.75, 3.05) is 24.6 Å². The molecule has 6 nitrogen and oxygen atoms in total. The molecule has 2 saturated heterocycles. The van der Waals surface area contributed by atoms with Gasteiger partial charge in [0.2, 0.25) is 0 Å². The Labute approximate surface area is 149 Å². The van der Waals surface area contributed by atoms with Gasteiger partial charge in [0.1, 0.15) is 11.9 Å². The molecule has 2 atom stereocenters. The number of imidazole rings is 1. The molecule has 0 unspecified atom stereocenters. The highest BCUT2D eigenvalue weighted by atomic mass is 16.5. The maximum absolute atomic E-state index is 5.94. The van der Waals surface area contributed by atoms with Crippen LogP contribution < -0.4 is 10.2 Å². The van der Waals surface area contributed by atoms with E-state index in [2.05, 4.69) is 32.3 Å². The van der Waals surface area contributed by atoms with Crippen molar-refractivity contribution in [3.8, 4) is 0 Å². The molecule has 0 bridgehead atoms. The zero-order valence-electron chi connectivity index (χ0n) is 14.9. The molecule has 0 saturated carbocycles. The molecule has 4 rings (SSSR count). The molecule has 2 aliphatic rings. The Morgan fingerprint density at radius 3 is 2.84 bits per heavy atom. The number of aromatic nitrogens is 3. The van der Waals surface area contributed by atoms with E-state index in [1.807, 2.05) is 30.3 Å². The minimum Gasteiger partial charge on any atom is -0.372 e. The van der Waals surface area contributed by atoms with Gasteiger partial charge in [0.05, 0.1) is 18.2 Å². The SMILES string of the molecule is Cn1cncc1[C@H]1C[C@H](NCc2ccc(N3CCCC3)nc2)CCO1. The van der Waals surface area contributed by atoms with Gasteiger partial charge < -0.3 is 19.5 Å². The molecule has 25 heavy (non-hydrogen) atoms. The fraction of sp³-hybridized carbons (Fsp3) is 0.579. The summed E-state index contributed by atoms with van der Waals surface area (Å²) in [7, 11) is 2.02. The molecule has 2 aromatic rings. The van der Waals surface area contributed by atoms with Crippen molar-refractivity contribution < 1.29 is 4.74 Å². The lowest BCUT2D eigenvalue weighted by atomic mass is 10.0. The van der Waals surface area contributed by atoms with Crippen molar-refractivity contribution in [3.63, 3.8) is 0 Å². The molecular formula is C19H27N5O. The zero-order chi connectivity index (χ0) is 17.1. The lowest BCUT2D eigenvalue weighted by Crippen LogP contribution is -2.36.